The van der Waals surface area contributed by atoms with Gasteiger partial charge in [0, 0.05) is 13.2 Å². The minimum atomic E-state index is -0.690. The van der Waals surface area contributed by atoms with E-state index < -0.39 is 6.10 Å². The lowest BCUT2D eigenvalue weighted by atomic mass is 9.92. The Labute approximate surface area is 183 Å². The highest BCUT2D eigenvalue weighted by molar-refractivity contribution is 6.04. The maximum atomic E-state index is 12.8. The third-order valence-electron chi connectivity index (χ3n) is 5.95. The van der Waals surface area contributed by atoms with E-state index in [-0.39, 0.29) is 17.9 Å². The molecule has 2 atom stereocenters. The smallest absolute Gasteiger partial charge is 0.265 e. The van der Waals surface area contributed by atoms with Crippen molar-refractivity contribution in [1.29, 1.82) is 0 Å². The first-order chi connectivity index (χ1) is 15.1. The first kappa shape index (κ1) is 21.4. The number of ether oxygens (including phenoxy) is 2. The van der Waals surface area contributed by atoms with Crippen molar-refractivity contribution < 1.29 is 19.1 Å². The van der Waals surface area contributed by atoms with Crippen LogP contribution in [0, 0.1) is 0 Å². The van der Waals surface area contributed by atoms with E-state index in [1.165, 1.54) is 24.0 Å². The highest BCUT2D eigenvalue weighted by Gasteiger charge is 2.21. The van der Waals surface area contributed by atoms with E-state index in [1.54, 1.807) is 31.2 Å². The van der Waals surface area contributed by atoms with Gasteiger partial charge in [-0.25, -0.2) is 0 Å². The van der Waals surface area contributed by atoms with Crippen LogP contribution in [-0.4, -0.2) is 37.2 Å². The predicted molar refractivity (Wildman–Crippen MR) is 120 cm³/mol. The van der Waals surface area contributed by atoms with Gasteiger partial charge in [-0.3, -0.25) is 9.59 Å². The van der Waals surface area contributed by atoms with Gasteiger partial charge in [0.25, 0.3) is 11.8 Å². The van der Waals surface area contributed by atoms with Crippen LogP contribution in [-0.2, 0) is 22.4 Å². The van der Waals surface area contributed by atoms with Crippen molar-refractivity contribution in [2.45, 2.75) is 57.7 Å². The number of rotatable bonds is 7. The molecule has 6 heteroatoms. The van der Waals surface area contributed by atoms with Crippen LogP contribution in [0.2, 0.25) is 0 Å². The zero-order chi connectivity index (χ0) is 21.6. The van der Waals surface area contributed by atoms with Crippen LogP contribution in [0.1, 0.15) is 54.1 Å². The van der Waals surface area contributed by atoms with E-state index in [9.17, 15) is 9.59 Å². The number of hydrogen-bond donors (Lipinski definition) is 2. The molecule has 0 spiro atoms. The summed E-state index contributed by atoms with van der Waals surface area (Å²) in [6.07, 6.45) is 5.94. The molecule has 2 amide bonds. The number of aryl methyl sites for hydroxylation is 2. The average Bonchev–Trinajstić information content (AvgIpc) is 3.31. The fourth-order valence-electron chi connectivity index (χ4n) is 4.17. The highest BCUT2D eigenvalue weighted by atomic mass is 16.5. The molecule has 0 aromatic heterocycles. The lowest BCUT2D eigenvalue weighted by Crippen LogP contribution is -2.34. The Balaban J connectivity index is 1.37. The minimum absolute atomic E-state index is 0.0655. The molecule has 31 heavy (non-hydrogen) atoms. The summed E-state index contributed by atoms with van der Waals surface area (Å²) in [5, 5.41) is 5.75. The molecule has 0 radical (unpaired) electrons. The summed E-state index contributed by atoms with van der Waals surface area (Å²) in [6.45, 7) is 2.93. The molecule has 2 aromatic carbocycles. The molecule has 0 bridgehead atoms. The molecule has 1 heterocycles. The van der Waals surface area contributed by atoms with Gasteiger partial charge >= 0.3 is 0 Å². The molecule has 1 fully saturated rings. The van der Waals surface area contributed by atoms with Crippen molar-refractivity contribution in [3.8, 4) is 5.75 Å². The van der Waals surface area contributed by atoms with Gasteiger partial charge in [0.05, 0.1) is 17.4 Å². The molecule has 2 aromatic rings. The van der Waals surface area contributed by atoms with E-state index in [2.05, 4.69) is 16.7 Å². The lowest BCUT2D eigenvalue weighted by molar-refractivity contribution is -0.122. The molecule has 1 aliphatic carbocycles. The van der Waals surface area contributed by atoms with Gasteiger partial charge in [0.15, 0.2) is 6.10 Å². The summed E-state index contributed by atoms with van der Waals surface area (Å²) in [5.74, 6) is 0.178. The van der Waals surface area contributed by atoms with Crippen LogP contribution in [0.25, 0.3) is 0 Å². The number of hydrogen-bond acceptors (Lipinski definition) is 4. The number of nitrogens with one attached hydrogen (secondary N) is 2. The van der Waals surface area contributed by atoms with Crippen LogP contribution < -0.4 is 15.4 Å². The number of amides is 2. The summed E-state index contributed by atoms with van der Waals surface area (Å²) < 4.78 is 11.5. The SMILES string of the molecule is C[C@H](Oc1ccc2c(c1)CCCC2)C(=O)Nc1ccccc1C(=O)NC[C@@H]1CCCO1. The van der Waals surface area contributed by atoms with Crippen LogP contribution in [0.3, 0.4) is 0 Å². The van der Waals surface area contributed by atoms with Crippen LogP contribution >= 0.6 is 0 Å². The largest absolute Gasteiger partial charge is 0.481 e. The Morgan fingerprint density at radius 1 is 1.10 bits per heavy atom. The molecule has 1 saturated heterocycles. The molecule has 4 rings (SSSR count). The first-order valence-electron chi connectivity index (χ1n) is 11.2. The fourth-order valence-corrected chi connectivity index (χ4v) is 4.17. The summed E-state index contributed by atoms with van der Waals surface area (Å²) in [6, 6.07) is 13.1. The second kappa shape index (κ2) is 9.96. The van der Waals surface area contributed by atoms with Gasteiger partial charge in [-0.15, -0.1) is 0 Å². The molecule has 0 saturated carbocycles. The van der Waals surface area contributed by atoms with E-state index in [0.717, 1.165) is 32.3 Å². The summed E-state index contributed by atoms with van der Waals surface area (Å²) in [4.78, 5) is 25.4. The zero-order valence-electron chi connectivity index (χ0n) is 18.0. The van der Waals surface area contributed by atoms with Crippen molar-refractivity contribution in [2.24, 2.45) is 0 Å². The number of para-hydroxylation sites is 1. The minimum Gasteiger partial charge on any atom is -0.481 e. The van der Waals surface area contributed by atoms with E-state index in [1.807, 2.05) is 12.1 Å². The van der Waals surface area contributed by atoms with Gasteiger partial charge in [-0.05, 0) is 80.8 Å². The molecule has 2 aliphatic rings. The molecular formula is C25H30N2O4. The lowest BCUT2D eigenvalue weighted by Gasteiger charge is -2.19. The van der Waals surface area contributed by atoms with Crippen molar-refractivity contribution >= 4 is 17.5 Å². The Bertz CT molecular complexity index is 937. The Kier molecular flexibility index (Phi) is 6.87. The maximum absolute atomic E-state index is 12.8. The molecule has 2 N–H and O–H groups in total. The standard InChI is InChI=1S/C25H30N2O4/c1-17(31-20-13-12-18-7-2-3-8-19(18)15-20)24(28)27-23-11-5-4-10-22(23)25(29)26-16-21-9-6-14-30-21/h4-5,10-13,15,17,21H,2-3,6-9,14,16H2,1H3,(H,26,29)(H,27,28)/t17-,21-/m0/s1. The van der Waals surface area contributed by atoms with E-state index >= 15 is 0 Å². The van der Waals surface area contributed by atoms with Crippen molar-refractivity contribution in [3.63, 3.8) is 0 Å². The molecule has 1 aliphatic heterocycles. The zero-order valence-corrected chi connectivity index (χ0v) is 18.0. The van der Waals surface area contributed by atoms with Crippen molar-refractivity contribution in [2.75, 3.05) is 18.5 Å². The number of carbonyl (C=O) groups is 2. The number of carbonyl (C=O) groups excluding carboxylic acids is 2. The number of fused-ring (bicyclic) bond motifs is 1. The predicted octanol–water partition coefficient (Wildman–Crippen LogP) is 3.88. The normalized spacial score (nSPS) is 18.7. The highest BCUT2D eigenvalue weighted by Crippen LogP contribution is 2.26. The Hall–Kier alpha value is -2.86. The molecule has 164 valence electrons. The molecular weight excluding hydrogens is 392 g/mol. The molecule has 6 nitrogen and oxygen atoms in total. The third-order valence-corrected chi connectivity index (χ3v) is 5.95. The van der Waals surface area contributed by atoms with Gasteiger partial charge in [0.1, 0.15) is 5.75 Å². The second-order valence-electron chi connectivity index (χ2n) is 8.28. The Morgan fingerprint density at radius 3 is 2.71 bits per heavy atom. The summed E-state index contributed by atoms with van der Waals surface area (Å²) in [5.41, 5.74) is 3.58. The summed E-state index contributed by atoms with van der Waals surface area (Å²) in [7, 11) is 0. The molecule has 0 unspecified atom stereocenters. The fraction of sp³-hybridized carbons (Fsp3) is 0.440. The quantitative estimate of drug-likeness (QED) is 0.710. The number of benzene rings is 2. The van der Waals surface area contributed by atoms with Crippen molar-refractivity contribution in [1.82, 2.24) is 5.32 Å². The van der Waals surface area contributed by atoms with Gasteiger partial charge in [-0.1, -0.05) is 18.2 Å². The first-order valence-corrected chi connectivity index (χ1v) is 11.2. The van der Waals surface area contributed by atoms with Crippen LogP contribution in [0.15, 0.2) is 42.5 Å². The Morgan fingerprint density at radius 2 is 1.90 bits per heavy atom. The average molecular weight is 423 g/mol. The third kappa shape index (κ3) is 5.44. The second-order valence-corrected chi connectivity index (χ2v) is 8.28. The topological polar surface area (TPSA) is 76.7 Å². The van der Waals surface area contributed by atoms with Gasteiger partial charge in [-0.2, -0.15) is 0 Å². The monoisotopic (exact) mass is 422 g/mol. The van der Waals surface area contributed by atoms with Gasteiger partial charge in [0.2, 0.25) is 0 Å². The van der Waals surface area contributed by atoms with E-state index in [0.29, 0.717) is 23.5 Å². The summed E-state index contributed by atoms with van der Waals surface area (Å²) >= 11 is 0. The van der Waals surface area contributed by atoms with E-state index in [4.69, 9.17) is 9.47 Å². The maximum Gasteiger partial charge on any atom is 0.265 e. The van der Waals surface area contributed by atoms with Crippen LogP contribution in [0.4, 0.5) is 5.69 Å². The van der Waals surface area contributed by atoms with Crippen molar-refractivity contribution in [3.05, 3.63) is 59.2 Å². The number of anilines is 1. The van der Waals surface area contributed by atoms with Crippen LogP contribution in [0.5, 0.6) is 5.75 Å². The van der Waals surface area contributed by atoms with Gasteiger partial charge < -0.3 is 20.1 Å².